The molecule has 2 aromatic rings. The van der Waals surface area contributed by atoms with E-state index in [0.29, 0.717) is 29.2 Å². The van der Waals surface area contributed by atoms with Gasteiger partial charge in [-0.1, -0.05) is 32.0 Å². The summed E-state index contributed by atoms with van der Waals surface area (Å²) in [7, 11) is 0. The SMILES string of the molecule is CC(=O)Nc1cccc(NC(=O)C23CCC(=O)N2c2ccccc2C(=O)N3CC(C)C)c1. The molecule has 4 rings (SSSR count). The topological polar surface area (TPSA) is 98.8 Å². The Balaban J connectivity index is 1.78. The summed E-state index contributed by atoms with van der Waals surface area (Å²) in [6, 6.07) is 13.7. The fraction of sp³-hybridized carbons (Fsp3) is 0.333. The van der Waals surface area contributed by atoms with Gasteiger partial charge in [-0.2, -0.15) is 0 Å². The molecule has 0 aliphatic carbocycles. The minimum Gasteiger partial charge on any atom is -0.326 e. The summed E-state index contributed by atoms with van der Waals surface area (Å²) in [5.74, 6) is -1.04. The minimum atomic E-state index is -1.45. The zero-order valence-corrected chi connectivity index (χ0v) is 18.3. The van der Waals surface area contributed by atoms with Crippen LogP contribution in [-0.2, 0) is 14.4 Å². The number of amides is 4. The largest absolute Gasteiger partial charge is 0.326 e. The van der Waals surface area contributed by atoms with Gasteiger partial charge in [-0.15, -0.1) is 0 Å². The third kappa shape index (κ3) is 3.51. The minimum absolute atomic E-state index is 0.0922. The Morgan fingerprint density at radius 1 is 1.03 bits per heavy atom. The average Bonchev–Trinajstić information content (AvgIpc) is 3.09. The maximum Gasteiger partial charge on any atom is 0.271 e. The van der Waals surface area contributed by atoms with Gasteiger partial charge in [-0.25, -0.2) is 0 Å². The Morgan fingerprint density at radius 2 is 1.72 bits per heavy atom. The van der Waals surface area contributed by atoms with Gasteiger partial charge in [0.1, 0.15) is 0 Å². The Kier molecular flexibility index (Phi) is 5.46. The average molecular weight is 434 g/mol. The molecule has 2 N–H and O–H groups in total. The molecule has 1 unspecified atom stereocenters. The first-order chi connectivity index (χ1) is 15.2. The van der Waals surface area contributed by atoms with Gasteiger partial charge in [0.15, 0.2) is 0 Å². The number of nitrogens with zero attached hydrogens (tertiary/aromatic N) is 2. The van der Waals surface area contributed by atoms with Crippen LogP contribution >= 0.6 is 0 Å². The van der Waals surface area contributed by atoms with Crippen LogP contribution in [0.15, 0.2) is 48.5 Å². The van der Waals surface area contributed by atoms with E-state index in [9.17, 15) is 19.2 Å². The van der Waals surface area contributed by atoms with Crippen molar-refractivity contribution in [2.24, 2.45) is 5.92 Å². The van der Waals surface area contributed by atoms with Crippen molar-refractivity contribution in [3.8, 4) is 0 Å². The summed E-state index contributed by atoms with van der Waals surface area (Å²) >= 11 is 0. The van der Waals surface area contributed by atoms with Gasteiger partial charge in [-0.3, -0.25) is 24.1 Å². The van der Waals surface area contributed by atoms with Crippen LogP contribution in [0.2, 0.25) is 0 Å². The lowest BCUT2D eigenvalue weighted by Crippen LogP contribution is -2.69. The van der Waals surface area contributed by atoms with Crippen LogP contribution in [0.25, 0.3) is 0 Å². The smallest absolute Gasteiger partial charge is 0.271 e. The molecule has 0 saturated carbocycles. The standard InChI is InChI=1S/C24H26N4O4/c1-15(2)14-27-22(31)19-9-4-5-10-20(19)28-21(30)11-12-24(27,28)23(32)26-18-8-6-7-17(13-18)25-16(3)29/h4-10,13,15H,11-12,14H2,1-3H3,(H,25,29)(H,26,32). The molecule has 2 heterocycles. The van der Waals surface area contributed by atoms with Gasteiger partial charge in [-0.05, 0) is 36.2 Å². The number of carbonyl (C=O) groups excluding carboxylic acids is 4. The normalized spacial score (nSPS) is 19.6. The summed E-state index contributed by atoms with van der Waals surface area (Å²) in [6.45, 7) is 5.67. The number of nitrogens with one attached hydrogen (secondary N) is 2. The van der Waals surface area contributed by atoms with Crippen LogP contribution in [0.5, 0.6) is 0 Å². The first kappa shape index (κ1) is 21.5. The molecule has 166 valence electrons. The fourth-order valence-corrected chi connectivity index (χ4v) is 4.51. The maximum atomic E-state index is 13.8. The van der Waals surface area contributed by atoms with Crippen LogP contribution in [0.4, 0.5) is 17.1 Å². The predicted molar refractivity (Wildman–Crippen MR) is 121 cm³/mol. The molecule has 2 aliphatic rings. The lowest BCUT2D eigenvalue weighted by Gasteiger charge is -2.49. The van der Waals surface area contributed by atoms with E-state index in [1.165, 1.54) is 16.7 Å². The highest BCUT2D eigenvalue weighted by molar-refractivity contribution is 6.18. The van der Waals surface area contributed by atoms with Gasteiger partial charge >= 0.3 is 0 Å². The van der Waals surface area contributed by atoms with E-state index < -0.39 is 11.6 Å². The van der Waals surface area contributed by atoms with Crippen molar-refractivity contribution < 1.29 is 19.2 Å². The van der Waals surface area contributed by atoms with Crippen molar-refractivity contribution in [2.75, 3.05) is 22.1 Å². The van der Waals surface area contributed by atoms with Crippen molar-refractivity contribution in [1.29, 1.82) is 0 Å². The second-order valence-corrected chi connectivity index (χ2v) is 8.59. The van der Waals surface area contributed by atoms with Crippen LogP contribution in [0.1, 0.15) is 44.0 Å². The molecule has 1 saturated heterocycles. The second kappa shape index (κ2) is 8.11. The molecule has 2 aromatic carbocycles. The van der Waals surface area contributed by atoms with E-state index in [0.717, 1.165) is 0 Å². The molecule has 1 fully saturated rings. The first-order valence-electron chi connectivity index (χ1n) is 10.7. The summed E-state index contributed by atoms with van der Waals surface area (Å²) in [4.78, 5) is 54.7. The number of fused-ring (bicyclic) bond motifs is 3. The van der Waals surface area contributed by atoms with Crippen LogP contribution in [-0.4, -0.2) is 40.7 Å². The van der Waals surface area contributed by atoms with Crippen molar-refractivity contribution >= 4 is 40.7 Å². The molecule has 32 heavy (non-hydrogen) atoms. The van der Waals surface area contributed by atoms with Crippen molar-refractivity contribution in [3.63, 3.8) is 0 Å². The van der Waals surface area contributed by atoms with Crippen molar-refractivity contribution in [3.05, 3.63) is 54.1 Å². The van der Waals surface area contributed by atoms with Crippen molar-refractivity contribution in [2.45, 2.75) is 39.3 Å². The summed E-state index contributed by atoms with van der Waals surface area (Å²) in [6.07, 6.45) is 0.366. The Hall–Kier alpha value is -3.68. The zero-order chi connectivity index (χ0) is 23.0. The van der Waals surface area contributed by atoms with Gasteiger partial charge in [0.05, 0.1) is 11.3 Å². The van der Waals surface area contributed by atoms with E-state index in [-0.39, 0.29) is 36.5 Å². The quantitative estimate of drug-likeness (QED) is 0.755. The third-order valence-electron chi connectivity index (χ3n) is 5.73. The van der Waals surface area contributed by atoms with Crippen LogP contribution < -0.4 is 15.5 Å². The second-order valence-electron chi connectivity index (χ2n) is 8.59. The summed E-state index contributed by atoms with van der Waals surface area (Å²) in [5.41, 5.74) is 0.431. The molecular weight excluding hydrogens is 408 g/mol. The summed E-state index contributed by atoms with van der Waals surface area (Å²) in [5, 5.41) is 5.57. The highest BCUT2D eigenvalue weighted by Gasteiger charge is 2.60. The molecule has 1 atom stereocenters. The van der Waals surface area contributed by atoms with E-state index in [1.54, 1.807) is 48.5 Å². The lowest BCUT2D eigenvalue weighted by molar-refractivity contribution is -0.129. The van der Waals surface area contributed by atoms with E-state index in [2.05, 4.69) is 10.6 Å². The highest BCUT2D eigenvalue weighted by Crippen LogP contribution is 2.45. The first-order valence-corrected chi connectivity index (χ1v) is 10.7. The van der Waals surface area contributed by atoms with Gasteiger partial charge in [0.2, 0.25) is 17.5 Å². The number of hydrogen-bond acceptors (Lipinski definition) is 4. The van der Waals surface area contributed by atoms with Gasteiger partial charge < -0.3 is 15.5 Å². The Morgan fingerprint density at radius 3 is 2.41 bits per heavy atom. The fourth-order valence-electron chi connectivity index (χ4n) is 4.51. The molecule has 0 bridgehead atoms. The maximum absolute atomic E-state index is 13.8. The molecule has 0 aromatic heterocycles. The van der Waals surface area contributed by atoms with E-state index >= 15 is 0 Å². The Labute approximate surface area is 186 Å². The zero-order valence-electron chi connectivity index (χ0n) is 18.3. The van der Waals surface area contributed by atoms with Gasteiger partial charge in [0, 0.05) is 37.7 Å². The molecule has 8 nitrogen and oxygen atoms in total. The number of benzene rings is 2. The third-order valence-corrected chi connectivity index (χ3v) is 5.73. The predicted octanol–water partition coefficient (Wildman–Crippen LogP) is 3.22. The Bertz CT molecular complexity index is 1110. The monoisotopic (exact) mass is 434 g/mol. The molecule has 0 radical (unpaired) electrons. The van der Waals surface area contributed by atoms with Crippen LogP contribution in [0.3, 0.4) is 0 Å². The number of anilines is 3. The van der Waals surface area contributed by atoms with Gasteiger partial charge in [0.25, 0.3) is 11.8 Å². The number of para-hydroxylation sites is 1. The molecule has 8 heteroatoms. The molecular formula is C24H26N4O4. The van der Waals surface area contributed by atoms with E-state index in [1.807, 2.05) is 13.8 Å². The summed E-state index contributed by atoms with van der Waals surface area (Å²) < 4.78 is 0. The molecule has 0 spiro atoms. The van der Waals surface area contributed by atoms with Crippen LogP contribution in [0, 0.1) is 5.92 Å². The van der Waals surface area contributed by atoms with E-state index in [4.69, 9.17) is 0 Å². The number of hydrogen-bond donors (Lipinski definition) is 2. The molecule has 4 amide bonds. The highest BCUT2D eigenvalue weighted by atomic mass is 16.2. The lowest BCUT2D eigenvalue weighted by atomic mass is 9.94. The molecule has 2 aliphatic heterocycles. The number of carbonyl (C=O) groups is 4. The van der Waals surface area contributed by atoms with Crippen molar-refractivity contribution in [1.82, 2.24) is 4.90 Å². The number of rotatable bonds is 5.